The summed E-state index contributed by atoms with van der Waals surface area (Å²) in [6.07, 6.45) is 8.06. The van der Waals surface area contributed by atoms with Crippen LogP contribution in [0.5, 0.6) is 0 Å². The number of halogens is 1. The minimum Gasteiger partial charge on any atom is -0.378 e. The quantitative estimate of drug-likeness (QED) is 0.797. The number of H-pyrrole nitrogens is 1. The highest BCUT2D eigenvalue weighted by atomic mass is 19.1. The van der Waals surface area contributed by atoms with Crippen LogP contribution in [0.3, 0.4) is 0 Å². The third-order valence-corrected chi connectivity index (χ3v) is 7.16. The standard InChI is InChI=1S/C23H34FN3O2/c1-4-13-29-18-5-9-23(3,10-6-18)26-11-7-17(8-12-26)27-21-14-16(2)19(24)15-20(21)25-22(27)28/h14-15,17-18H,4-13H2,1-3H3,(H,25,28). The Morgan fingerprint density at radius 2 is 1.90 bits per heavy atom. The molecular formula is C23H34FN3O2. The first-order chi connectivity index (χ1) is 13.9. The average molecular weight is 404 g/mol. The summed E-state index contributed by atoms with van der Waals surface area (Å²) in [5, 5.41) is 0. The van der Waals surface area contributed by atoms with Crippen molar-refractivity contribution >= 4 is 11.0 Å². The van der Waals surface area contributed by atoms with Gasteiger partial charge in [-0.3, -0.25) is 9.47 Å². The van der Waals surface area contributed by atoms with Crippen molar-refractivity contribution in [1.29, 1.82) is 0 Å². The number of aryl methyl sites for hydroxylation is 1. The van der Waals surface area contributed by atoms with Gasteiger partial charge in [0.1, 0.15) is 5.82 Å². The normalized spacial score (nSPS) is 27.0. The Bertz CT molecular complexity index is 903. The van der Waals surface area contributed by atoms with Crippen molar-refractivity contribution in [3.8, 4) is 0 Å². The number of nitrogens with zero attached hydrogens (tertiary/aromatic N) is 2. The van der Waals surface area contributed by atoms with E-state index in [4.69, 9.17) is 4.74 Å². The number of rotatable bonds is 5. The lowest BCUT2D eigenvalue weighted by molar-refractivity contribution is -0.0305. The zero-order chi connectivity index (χ0) is 20.6. The number of hydrogen-bond donors (Lipinski definition) is 1. The summed E-state index contributed by atoms with van der Waals surface area (Å²) in [4.78, 5) is 18.1. The molecule has 2 aromatic rings. The van der Waals surface area contributed by atoms with Crippen LogP contribution in [0.15, 0.2) is 16.9 Å². The van der Waals surface area contributed by atoms with Crippen LogP contribution in [-0.4, -0.2) is 45.8 Å². The average Bonchev–Trinajstić information content (AvgIpc) is 3.02. The molecule has 1 aliphatic carbocycles. The topological polar surface area (TPSA) is 50.3 Å². The van der Waals surface area contributed by atoms with E-state index in [-0.39, 0.29) is 23.1 Å². The maximum absolute atomic E-state index is 13.9. The van der Waals surface area contributed by atoms with Crippen LogP contribution in [0.25, 0.3) is 11.0 Å². The lowest BCUT2D eigenvalue weighted by Gasteiger charge is -2.48. The number of nitrogens with one attached hydrogen (secondary N) is 1. The van der Waals surface area contributed by atoms with E-state index < -0.39 is 0 Å². The lowest BCUT2D eigenvalue weighted by Crippen LogP contribution is -2.53. The third-order valence-electron chi connectivity index (χ3n) is 7.16. The molecule has 0 radical (unpaired) electrons. The van der Waals surface area contributed by atoms with Crippen molar-refractivity contribution in [2.75, 3.05) is 19.7 Å². The van der Waals surface area contributed by atoms with E-state index in [0.29, 0.717) is 17.2 Å². The molecule has 29 heavy (non-hydrogen) atoms. The number of imidazole rings is 1. The largest absolute Gasteiger partial charge is 0.378 e. The van der Waals surface area contributed by atoms with Crippen LogP contribution in [-0.2, 0) is 4.74 Å². The number of hydrogen-bond acceptors (Lipinski definition) is 3. The van der Waals surface area contributed by atoms with Crippen LogP contribution < -0.4 is 5.69 Å². The van der Waals surface area contributed by atoms with E-state index in [1.807, 2.05) is 4.57 Å². The van der Waals surface area contributed by atoms with Crippen LogP contribution in [0.2, 0.25) is 0 Å². The Kier molecular flexibility index (Phi) is 5.85. The number of aromatic amines is 1. The summed E-state index contributed by atoms with van der Waals surface area (Å²) in [5.74, 6) is -0.271. The van der Waals surface area contributed by atoms with Gasteiger partial charge in [-0.05, 0) is 76.5 Å². The first-order valence-electron chi connectivity index (χ1n) is 11.2. The van der Waals surface area contributed by atoms with Crippen molar-refractivity contribution in [3.63, 3.8) is 0 Å². The van der Waals surface area contributed by atoms with Gasteiger partial charge < -0.3 is 9.72 Å². The molecule has 1 aromatic heterocycles. The minimum absolute atomic E-state index is 0.122. The van der Waals surface area contributed by atoms with Gasteiger partial charge in [0, 0.05) is 31.3 Å². The SMILES string of the molecule is CCCOC1CCC(C)(N2CCC(n3c(=O)[nH]c4cc(F)c(C)cc43)CC2)CC1. The summed E-state index contributed by atoms with van der Waals surface area (Å²) in [6.45, 7) is 9.18. The van der Waals surface area contributed by atoms with Gasteiger partial charge in [0.25, 0.3) is 0 Å². The molecule has 0 amide bonds. The molecule has 6 heteroatoms. The fourth-order valence-electron chi connectivity index (χ4n) is 5.26. The molecule has 1 saturated carbocycles. The molecule has 1 aliphatic heterocycles. The van der Waals surface area contributed by atoms with Crippen LogP contribution >= 0.6 is 0 Å². The number of piperidine rings is 1. The molecule has 1 aromatic carbocycles. The molecule has 2 heterocycles. The van der Waals surface area contributed by atoms with Gasteiger partial charge in [-0.1, -0.05) is 6.92 Å². The van der Waals surface area contributed by atoms with Gasteiger partial charge >= 0.3 is 5.69 Å². The van der Waals surface area contributed by atoms with Crippen molar-refractivity contribution in [1.82, 2.24) is 14.5 Å². The fraction of sp³-hybridized carbons (Fsp3) is 0.696. The second kappa shape index (κ2) is 8.23. The van der Waals surface area contributed by atoms with Gasteiger partial charge in [0.15, 0.2) is 0 Å². The maximum atomic E-state index is 13.9. The fourth-order valence-corrected chi connectivity index (χ4v) is 5.26. The Morgan fingerprint density at radius 3 is 2.55 bits per heavy atom. The van der Waals surface area contributed by atoms with Crippen LogP contribution in [0, 0.1) is 12.7 Å². The van der Waals surface area contributed by atoms with Gasteiger partial charge in [0.2, 0.25) is 0 Å². The Balaban J connectivity index is 1.43. The molecule has 0 spiro atoms. The van der Waals surface area contributed by atoms with E-state index in [2.05, 4.69) is 23.7 Å². The molecule has 2 fully saturated rings. The van der Waals surface area contributed by atoms with Crippen molar-refractivity contribution < 1.29 is 9.13 Å². The number of aromatic nitrogens is 2. The molecule has 0 atom stereocenters. The Hall–Kier alpha value is -1.66. The Labute approximate surface area is 172 Å². The maximum Gasteiger partial charge on any atom is 0.326 e. The van der Waals surface area contributed by atoms with Crippen molar-refractivity contribution in [2.24, 2.45) is 0 Å². The molecule has 4 rings (SSSR count). The zero-order valence-corrected chi connectivity index (χ0v) is 18.0. The summed E-state index contributed by atoms with van der Waals surface area (Å²) in [6, 6.07) is 3.41. The number of benzene rings is 1. The number of ether oxygens (including phenoxy) is 1. The van der Waals surface area contributed by atoms with Gasteiger partial charge in [0.05, 0.1) is 17.1 Å². The van der Waals surface area contributed by atoms with E-state index in [9.17, 15) is 9.18 Å². The van der Waals surface area contributed by atoms with E-state index in [1.165, 1.54) is 18.9 Å². The highest BCUT2D eigenvalue weighted by molar-refractivity contribution is 5.76. The highest BCUT2D eigenvalue weighted by Crippen LogP contribution is 2.38. The van der Waals surface area contributed by atoms with E-state index >= 15 is 0 Å². The van der Waals surface area contributed by atoms with Gasteiger partial charge in [-0.25, -0.2) is 9.18 Å². The molecule has 5 nitrogen and oxygen atoms in total. The van der Waals surface area contributed by atoms with E-state index in [1.54, 1.807) is 13.0 Å². The summed E-state index contributed by atoms with van der Waals surface area (Å²) in [7, 11) is 0. The number of fused-ring (bicyclic) bond motifs is 1. The lowest BCUT2D eigenvalue weighted by atomic mass is 9.79. The van der Waals surface area contributed by atoms with Gasteiger partial charge in [-0.2, -0.15) is 0 Å². The number of likely N-dealkylation sites (tertiary alicyclic amines) is 1. The minimum atomic E-state index is -0.271. The smallest absolute Gasteiger partial charge is 0.326 e. The van der Waals surface area contributed by atoms with Crippen molar-refractivity contribution in [3.05, 3.63) is 34.0 Å². The molecule has 1 N–H and O–H groups in total. The van der Waals surface area contributed by atoms with E-state index in [0.717, 1.165) is 57.3 Å². The highest BCUT2D eigenvalue weighted by Gasteiger charge is 2.38. The summed E-state index contributed by atoms with van der Waals surface area (Å²) < 4.78 is 21.7. The predicted octanol–water partition coefficient (Wildman–Crippen LogP) is 4.54. The molecule has 0 bridgehead atoms. The second-order valence-corrected chi connectivity index (χ2v) is 9.20. The zero-order valence-electron chi connectivity index (χ0n) is 18.0. The first kappa shape index (κ1) is 20.6. The first-order valence-corrected chi connectivity index (χ1v) is 11.2. The molecule has 1 saturated heterocycles. The predicted molar refractivity (Wildman–Crippen MR) is 114 cm³/mol. The van der Waals surface area contributed by atoms with Gasteiger partial charge in [-0.15, -0.1) is 0 Å². The second-order valence-electron chi connectivity index (χ2n) is 9.20. The summed E-state index contributed by atoms with van der Waals surface area (Å²) >= 11 is 0. The summed E-state index contributed by atoms with van der Waals surface area (Å²) in [5.41, 5.74) is 2.12. The molecule has 160 valence electrons. The molecule has 2 aliphatic rings. The van der Waals surface area contributed by atoms with Crippen LogP contribution in [0.1, 0.15) is 70.4 Å². The Morgan fingerprint density at radius 1 is 1.21 bits per heavy atom. The van der Waals surface area contributed by atoms with Crippen molar-refractivity contribution in [2.45, 2.75) is 83.4 Å². The third kappa shape index (κ3) is 4.02. The molecule has 0 unspecified atom stereocenters. The van der Waals surface area contributed by atoms with Crippen LogP contribution in [0.4, 0.5) is 4.39 Å². The monoisotopic (exact) mass is 403 g/mol. The molecular weight excluding hydrogens is 369 g/mol.